The Morgan fingerprint density at radius 3 is 1.36 bits per heavy atom. The molecule has 0 saturated heterocycles. The van der Waals surface area contributed by atoms with Crippen LogP contribution in [0.2, 0.25) is 0 Å². The molecule has 0 saturated carbocycles. The van der Waals surface area contributed by atoms with E-state index in [1.165, 1.54) is 0 Å². The number of carboxylic acids is 1. The standard InChI is InChI=1S/C8H18N2O3.C8H17NO4.I2/c2*1-12-7(13-2)5-3-4-6(9)8(10)11;1-2/h6-7H,3-5,9H2,1-2H3,(H2,10,11);6-7H,3-5,9H2,1-2H3,(H,10,11);. The van der Waals surface area contributed by atoms with E-state index in [1.807, 2.05) is 0 Å². The SMILES string of the molecule is COC(CCCC(N)C(=O)O)OC.COC(CCCC(N)C(N)=O)OC.II. The first-order valence-corrected chi connectivity index (χ1v) is 14.8. The zero-order chi connectivity index (χ0) is 22.5. The zero-order valence-electron chi connectivity index (χ0n) is 16.9. The van der Waals surface area contributed by atoms with Crippen LogP contribution >= 0.6 is 37.2 Å². The molecule has 0 aromatic rings. The molecule has 0 radical (unpaired) electrons. The Balaban J connectivity index is -0.000000410. The first-order chi connectivity index (χ1) is 13.2. The van der Waals surface area contributed by atoms with E-state index in [9.17, 15) is 9.59 Å². The van der Waals surface area contributed by atoms with Gasteiger partial charge in [-0.2, -0.15) is 0 Å². The summed E-state index contributed by atoms with van der Waals surface area (Å²) in [4.78, 5) is 20.9. The van der Waals surface area contributed by atoms with Crippen LogP contribution in [-0.4, -0.2) is 70.1 Å². The van der Waals surface area contributed by atoms with Crippen molar-refractivity contribution in [3.05, 3.63) is 0 Å². The van der Waals surface area contributed by atoms with Gasteiger partial charge in [0.25, 0.3) is 0 Å². The predicted octanol–water partition coefficient (Wildman–Crippen LogP) is 1.55. The van der Waals surface area contributed by atoms with E-state index in [-0.39, 0.29) is 12.6 Å². The summed E-state index contributed by atoms with van der Waals surface area (Å²) < 4.78 is 19.8. The van der Waals surface area contributed by atoms with Crippen molar-refractivity contribution >= 4 is 49.1 Å². The summed E-state index contributed by atoms with van der Waals surface area (Å²) in [6.45, 7) is 0. The molecule has 0 aliphatic carbocycles. The highest BCUT2D eigenvalue weighted by atomic mass is 128. The van der Waals surface area contributed by atoms with Crippen LogP contribution in [0.5, 0.6) is 0 Å². The van der Waals surface area contributed by atoms with E-state index in [1.54, 1.807) is 28.4 Å². The predicted molar refractivity (Wildman–Crippen MR) is 124 cm³/mol. The Hall–Kier alpha value is 0.160. The fourth-order valence-corrected chi connectivity index (χ4v) is 1.94. The molecule has 10 nitrogen and oxygen atoms in total. The number of carbonyl (C=O) groups excluding carboxylic acids is 1. The average Bonchev–Trinajstić information content (AvgIpc) is 2.70. The maximum atomic E-state index is 10.5. The molecule has 2 unspecified atom stereocenters. The van der Waals surface area contributed by atoms with Crippen molar-refractivity contribution in [2.24, 2.45) is 17.2 Å². The average molecular weight is 635 g/mol. The quantitative estimate of drug-likeness (QED) is 0.164. The van der Waals surface area contributed by atoms with Gasteiger partial charge in [-0.05, 0) is 38.5 Å². The molecule has 12 heteroatoms. The summed E-state index contributed by atoms with van der Waals surface area (Å²) in [5.41, 5.74) is 15.7. The lowest BCUT2D eigenvalue weighted by atomic mass is 10.1. The fourth-order valence-electron chi connectivity index (χ4n) is 1.94. The van der Waals surface area contributed by atoms with Gasteiger partial charge in [-0.15, -0.1) is 0 Å². The molecule has 0 spiro atoms. The molecule has 1 amide bonds. The van der Waals surface area contributed by atoms with E-state index in [2.05, 4.69) is 37.2 Å². The van der Waals surface area contributed by atoms with E-state index in [4.69, 9.17) is 41.3 Å². The van der Waals surface area contributed by atoms with Crippen LogP contribution in [0, 0.1) is 0 Å². The van der Waals surface area contributed by atoms with Gasteiger partial charge < -0.3 is 41.3 Å². The maximum absolute atomic E-state index is 10.5. The van der Waals surface area contributed by atoms with Gasteiger partial charge in [-0.1, -0.05) is 0 Å². The number of hydrogen-bond acceptors (Lipinski definition) is 8. The van der Waals surface area contributed by atoms with Crippen molar-refractivity contribution in [2.45, 2.75) is 63.2 Å². The van der Waals surface area contributed by atoms with Crippen molar-refractivity contribution < 1.29 is 33.6 Å². The Labute approximate surface area is 190 Å². The summed E-state index contributed by atoms with van der Waals surface area (Å²) in [5.74, 6) is -1.43. The monoisotopic (exact) mass is 635 g/mol. The number of carbonyl (C=O) groups is 2. The second-order valence-corrected chi connectivity index (χ2v) is 5.62. The Kier molecular flexibility index (Phi) is 27.5. The third-order valence-corrected chi connectivity index (χ3v) is 3.64. The second kappa shape index (κ2) is 23.4. The van der Waals surface area contributed by atoms with Gasteiger partial charge >= 0.3 is 5.97 Å². The fraction of sp³-hybridized carbons (Fsp3) is 0.875. The molecule has 2 atom stereocenters. The number of ether oxygens (including phenoxy) is 4. The lowest BCUT2D eigenvalue weighted by molar-refractivity contribution is -0.139. The first kappa shape index (κ1) is 32.8. The summed E-state index contributed by atoms with van der Waals surface area (Å²) in [6, 6.07) is -1.34. The Morgan fingerprint density at radius 2 is 1.11 bits per heavy atom. The highest BCUT2D eigenvalue weighted by Crippen LogP contribution is 2.06. The zero-order valence-corrected chi connectivity index (χ0v) is 21.3. The summed E-state index contributed by atoms with van der Waals surface area (Å²) in [6.07, 6.45) is 3.34. The van der Waals surface area contributed by atoms with Gasteiger partial charge in [0, 0.05) is 65.7 Å². The van der Waals surface area contributed by atoms with Crippen molar-refractivity contribution in [2.75, 3.05) is 28.4 Å². The molecule has 0 heterocycles. The first-order valence-electron chi connectivity index (χ1n) is 8.52. The molecule has 0 aliphatic heterocycles. The molecular weight excluding hydrogens is 600 g/mol. The molecule has 7 N–H and O–H groups in total. The number of carboxylic acid groups (broad SMARTS) is 1. The minimum absolute atomic E-state index is 0.222. The Morgan fingerprint density at radius 1 is 0.786 bits per heavy atom. The minimum Gasteiger partial charge on any atom is -0.480 e. The number of methoxy groups -OCH3 is 4. The third-order valence-electron chi connectivity index (χ3n) is 3.64. The van der Waals surface area contributed by atoms with Crippen LogP contribution < -0.4 is 17.2 Å². The Bertz CT molecular complexity index is 340. The summed E-state index contributed by atoms with van der Waals surface area (Å²) in [7, 11) is 6.24. The smallest absolute Gasteiger partial charge is 0.320 e. The van der Waals surface area contributed by atoms with Crippen LogP contribution in [-0.2, 0) is 28.5 Å². The number of hydrogen-bond donors (Lipinski definition) is 4. The number of primary amides is 1. The van der Waals surface area contributed by atoms with E-state index >= 15 is 0 Å². The van der Waals surface area contributed by atoms with Crippen LogP contribution in [0.3, 0.4) is 0 Å². The minimum atomic E-state index is -0.966. The number of nitrogens with two attached hydrogens (primary N) is 3. The molecular formula is C16H35I2N3O7. The van der Waals surface area contributed by atoms with Crippen LogP contribution in [0.25, 0.3) is 0 Å². The van der Waals surface area contributed by atoms with E-state index in [0.717, 1.165) is 6.42 Å². The molecule has 0 aromatic carbocycles. The molecule has 0 bridgehead atoms. The van der Waals surface area contributed by atoms with Gasteiger partial charge in [0.2, 0.25) is 5.91 Å². The van der Waals surface area contributed by atoms with Gasteiger partial charge in [0.05, 0.1) is 6.04 Å². The van der Waals surface area contributed by atoms with Gasteiger partial charge in [-0.25, -0.2) is 0 Å². The van der Waals surface area contributed by atoms with Crippen molar-refractivity contribution in [3.63, 3.8) is 0 Å². The number of rotatable bonds is 14. The van der Waals surface area contributed by atoms with Crippen LogP contribution in [0.4, 0.5) is 0 Å². The van der Waals surface area contributed by atoms with Crippen molar-refractivity contribution in [1.82, 2.24) is 0 Å². The molecule has 28 heavy (non-hydrogen) atoms. The number of amides is 1. The molecule has 170 valence electrons. The van der Waals surface area contributed by atoms with Crippen LogP contribution in [0.1, 0.15) is 38.5 Å². The van der Waals surface area contributed by atoms with E-state index < -0.39 is 24.0 Å². The highest BCUT2D eigenvalue weighted by Gasteiger charge is 2.12. The van der Waals surface area contributed by atoms with Gasteiger partial charge in [0.15, 0.2) is 12.6 Å². The van der Waals surface area contributed by atoms with Gasteiger partial charge in [0.1, 0.15) is 6.04 Å². The number of aliphatic carboxylic acids is 1. The lowest BCUT2D eigenvalue weighted by Gasteiger charge is -2.13. The topological polar surface area (TPSA) is 169 Å². The third kappa shape index (κ3) is 20.9. The van der Waals surface area contributed by atoms with E-state index in [0.29, 0.717) is 32.1 Å². The maximum Gasteiger partial charge on any atom is 0.320 e. The van der Waals surface area contributed by atoms with Crippen molar-refractivity contribution in [3.8, 4) is 0 Å². The molecule has 0 rings (SSSR count). The summed E-state index contributed by atoms with van der Waals surface area (Å²) in [5, 5.41) is 8.47. The second-order valence-electron chi connectivity index (χ2n) is 5.62. The lowest BCUT2D eigenvalue weighted by Crippen LogP contribution is -2.36. The van der Waals surface area contributed by atoms with Crippen molar-refractivity contribution in [1.29, 1.82) is 0 Å². The molecule has 0 aliphatic rings. The summed E-state index contributed by atoms with van der Waals surface area (Å²) >= 11 is 4.24. The van der Waals surface area contributed by atoms with Gasteiger partial charge in [-0.3, -0.25) is 9.59 Å². The van der Waals surface area contributed by atoms with Crippen LogP contribution in [0.15, 0.2) is 0 Å². The molecule has 0 aromatic heterocycles. The highest BCUT2D eigenvalue weighted by molar-refractivity contribution is 15.0. The largest absolute Gasteiger partial charge is 0.480 e. The normalized spacial score (nSPS) is 12.5. The number of halogens is 2. The molecule has 0 fully saturated rings.